The summed E-state index contributed by atoms with van der Waals surface area (Å²) in [6, 6.07) is 0. The number of rotatable bonds is 6. The summed E-state index contributed by atoms with van der Waals surface area (Å²) in [5, 5.41) is -14.0. The average molecular weight is 497 g/mol. The van der Waals surface area contributed by atoms with Crippen LogP contribution in [0.4, 0.5) is 65.9 Å². The van der Waals surface area contributed by atoms with Crippen molar-refractivity contribution in [3.8, 4) is 0 Å². The molecule has 0 aromatic rings. The number of halogens is 16. The van der Waals surface area contributed by atoms with Gasteiger partial charge in [-0.15, -0.1) is 0 Å². The molecule has 0 bridgehead atoms. The molecule has 0 amide bonds. The Kier molecular flexibility index (Phi) is 5.07. The number of hydrogen-bond acceptors (Lipinski definition) is 3. The molecule has 0 aromatic heterocycles. The Hall–Kier alpha value is -0.850. The van der Waals surface area contributed by atoms with Gasteiger partial charge in [0.15, 0.2) is 0 Å². The lowest BCUT2D eigenvalue weighted by Crippen LogP contribution is -2.81. The summed E-state index contributed by atoms with van der Waals surface area (Å²) in [4.78, 5) is 0. The first kappa shape index (κ1) is 25.2. The highest BCUT2D eigenvalue weighted by Crippen LogP contribution is 2.67. The van der Waals surface area contributed by atoms with E-state index in [1.807, 2.05) is 0 Å². The molecule has 1 heterocycles. The van der Waals surface area contributed by atoms with Crippen molar-refractivity contribution in [2.75, 3.05) is 0 Å². The topological polar surface area (TPSA) is 43.4 Å². The second kappa shape index (κ2) is 5.64. The van der Waals surface area contributed by atoms with Crippen LogP contribution in [0.2, 0.25) is 0 Å². The van der Waals surface area contributed by atoms with Crippen LogP contribution in [0.5, 0.6) is 0 Å². The lowest BCUT2D eigenvalue weighted by Gasteiger charge is -2.48. The van der Waals surface area contributed by atoms with Crippen LogP contribution in [0, 0.1) is 0 Å². The Labute approximate surface area is 147 Å². The van der Waals surface area contributed by atoms with Crippen molar-refractivity contribution in [2.24, 2.45) is 0 Å². The highest BCUT2D eigenvalue weighted by Gasteiger charge is 3.00. The molecule has 0 aliphatic carbocycles. The molecule has 1 aliphatic heterocycles. The van der Waals surface area contributed by atoms with Crippen LogP contribution in [-0.2, 0) is 14.3 Å². The minimum atomic E-state index is -8.48. The first-order valence-corrected chi connectivity index (χ1v) is 7.47. The Bertz CT molecular complexity index is 756. The minimum Gasteiger partial charge on any atom is -0.206 e. The van der Waals surface area contributed by atoms with Crippen LogP contribution in [0.3, 0.4) is 0 Å². The highest BCUT2D eigenvalue weighted by atomic mass is 35.5. The van der Waals surface area contributed by atoms with E-state index < -0.39 is 56.2 Å². The maximum atomic E-state index is 13.6. The molecule has 0 N–H and O–H groups in total. The van der Waals surface area contributed by atoms with E-state index in [0.717, 1.165) is 0 Å². The largest absolute Gasteiger partial charge is 0.427 e. The van der Waals surface area contributed by atoms with Gasteiger partial charge in [0.2, 0.25) is 0 Å². The van der Waals surface area contributed by atoms with E-state index in [1.165, 1.54) is 0 Å². The van der Waals surface area contributed by atoms with Gasteiger partial charge in [-0.25, -0.2) is 4.39 Å². The highest BCUT2D eigenvalue weighted by molar-refractivity contribution is 7.89. The third kappa shape index (κ3) is 2.46. The maximum absolute atomic E-state index is 13.6. The Morgan fingerprint density at radius 2 is 0.964 bits per heavy atom. The van der Waals surface area contributed by atoms with Crippen LogP contribution in [-0.4, -0.2) is 54.5 Å². The molecule has 168 valence electrons. The molecule has 28 heavy (non-hydrogen) atoms. The van der Waals surface area contributed by atoms with Gasteiger partial charge in [0.05, 0.1) is 0 Å². The van der Waals surface area contributed by atoms with E-state index in [0.29, 0.717) is 0 Å². The average Bonchev–Trinajstić information content (AvgIpc) is 2.42. The fourth-order valence-electron chi connectivity index (χ4n) is 1.67. The van der Waals surface area contributed by atoms with E-state index in [1.54, 1.807) is 0 Å². The summed E-state index contributed by atoms with van der Waals surface area (Å²) in [6.07, 6.45) is -6.57. The van der Waals surface area contributed by atoms with Crippen molar-refractivity contribution in [2.45, 2.75) is 46.1 Å². The molecule has 0 radical (unpaired) electrons. The summed E-state index contributed by atoms with van der Waals surface area (Å²) < 4.78 is 218. The van der Waals surface area contributed by atoms with Gasteiger partial charge in [-0.1, -0.05) is 0 Å². The van der Waals surface area contributed by atoms with Gasteiger partial charge >= 0.3 is 56.2 Å². The first-order valence-electron chi connectivity index (χ1n) is 5.68. The molecular formula is C8ClF15O3S. The molecule has 1 saturated heterocycles. The third-order valence-electron chi connectivity index (χ3n) is 3.27. The number of hydrogen-bond donors (Lipinski definition) is 0. The SMILES string of the molecule is O=S1(=O)OC(F)(F)[C@@]1(F)C(F)(F)C(F)(F)C(F)(F)C(F)(F)C(F)(F)C(F)(F)Cl. The summed E-state index contributed by atoms with van der Waals surface area (Å²) in [5.41, 5.74) is 0. The Morgan fingerprint density at radius 3 is 1.21 bits per heavy atom. The predicted octanol–water partition coefficient (Wildman–Crippen LogP) is 4.61. The van der Waals surface area contributed by atoms with E-state index in [9.17, 15) is 74.3 Å². The fraction of sp³-hybridized carbons (Fsp3) is 1.00. The quantitative estimate of drug-likeness (QED) is 0.306. The lowest BCUT2D eigenvalue weighted by molar-refractivity contribution is -0.443. The summed E-state index contributed by atoms with van der Waals surface area (Å²) in [5.74, 6) is -41.1. The maximum Gasteiger partial charge on any atom is 0.427 e. The van der Waals surface area contributed by atoms with Crippen LogP contribution in [0.25, 0.3) is 0 Å². The molecule has 1 aliphatic rings. The second-order valence-electron chi connectivity index (χ2n) is 5.02. The normalized spacial score (nSPS) is 26.7. The molecule has 0 aromatic carbocycles. The van der Waals surface area contributed by atoms with Crippen LogP contribution >= 0.6 is 11.6 Å². The standard InChI is InChI=1S/C8ClF15O3S/c9-7(21,22)5(18,19)3(14,15)1(10,11)2(12,13)4(16,17)6(20)8(23,24)27-28(6,25)26/t6-/m1/s1. The molecule has 0 saturated carbocycles. The molecule has 1 rings (SSSR count). The molecule has 20 heteroatoms. The van der Waals surface area contributed by atoms with Crippen LogP contribution in [0.15, 0.2) is 0 Å². The monoisotopic (exact) mass is 496 g/mol. The van der Waals surface area contributed by atoms with Crippen molar-refractivity contribution in [1.82, 2.24) is 0 Å². The lowest BCUT2D eigenvalue weighted by atomic mass is 9.91. The van der Waals surface area contributed by atoms with Crippen molar-refractivity contribution in [3.05, 3.63) is 0 Å². The van der Waals surface area contributed by atoms with Crippen molar-refractivity contribution < 1.29 is 78.5 Å². The summed E-state index contributed by atoms with van der Waals surface area (Å²) in [7, 11) is -7.23. The van der Waals surface area contributed by atoms with E-state index in [2.05, 4.69) is 15.8 Å². The second-order valence-corrected chi connectivity index (χ2v) is 7.13. The van der Waals surface area contributed by atoms with Crippen LogP contribution in [0.1, 0.15) is 0 Å². The molecule has 1 fully saturated rings. The molecule has 3 nitrogen and oxygen atoms in total. The molecule has 0 unspecified atom stereocenters. The van der Waals surface area contributed by atoms with E-state index >= 15 is 0 Å². The number of alkyl halides is 16. The van der Waals surface area contributed by atoms with Crippen molar-refractivity contribution in [3.63, 3.8) is 0 Å². The van der Waals surface area contributed by atoms with Gasteiger partial charge in [-0.3, -0.25) is 0 Å². The van der Waals surface area contributed by atoms with Crippen LogP contribution < -0.4 is 0 Å². The Morgan fingerprint density at radius 1 is 0.643 bits per heavy atom. The zero-order valence-corrected chi connectivity index (χ0v) is 13.3. The van der Waals surface area contributed by atoms with Gasteiger partial charge in [0.1, 0.15) is 0 Å². The Balaban J connectivity index is 3.73. The molecule has 1 atom stereocenters. The fourth-order valence-corrected chi connectivity index (χ4v) is 2.95. The van der Waals surface area contributed by atoms with Crippen molar-refractivity contribution in [1.29, 1.82) is 0 Å². The predicted molar refractivity (Wildman–Crippen MR) is 54.3 cm³/mol. The first-order chi connectivity index (χ1) is 11.7. The minimum absolute atomic E-state index is 2.16. The molecular weight excluding hydrogens is 497 g/mol. The third-order valence-corrected chi connectivity index (χ3v) is 5.12. The zero-order chi connectivity index (χ0) is 23.2. The van der Waals surface area contributed by atoms with E-state index in [-0.39, 0.29) is 0 Å². The summed E-state index contributed by atoms with van der Waals surface area (Å²) in [6.45, 7) is 0. The molecule has 0 spiro atoms. The van der Waals surface area contributed by atoms with Crippen molar-refractivity contribution >= 4 is 21.7 Å². The zero-order valence-electron chi connectivity index (χ0n) is 11.7. The summed E-state index contributed by atoms with van der Waals surface area (Å²) >= 11 is 3.36. The van der Waals surface area contributed by atoms with Gasteiger partial charge in [0, 0.05) is 0 Å². The van der Waals surface area contributed by atoms with E-state index in [4.69, 9.17) is 0 Å². The smallest absolute Gasteiger partial charge is 0.206 e. The van der Waals surface area contributed by atoms with Gasteiger partial charge in [0.25, 0.3) is 0 Å². The van der Waals surface area contributed by atoms with Gasteiger partial charge in [-0.2, -0.15) is 74.1 Å². The van der Waals surface area contributed by atoms with Gasteiger partial charge in [-0.05, 0) is 11.6 Å². The van der Waals surface area contributed by atoms with Gasteiger partial charge < -0.3 is 0 Å².